The van der Waals surface area contributed by atoms with Crippen LogP contribution in [0, 0.1) is 6.92 Å². The van der Waals surface area contributed by atoms with Crippen molar-refractivity contribution in [3.63, 3.8) is 0 Å². The maximum Gasteiger partial charge on any atom is 0.297 e. The lowest BCUT2D eigenvalue weighted by Crippen LogP contribution is -2.61. The van der Waals surface area contributed by atoms with Crippen molar-refractivity contribution in [3.05, 3.63) is 123 Å². The van der Waals surface area contributed by atoms with Crippen LogP contribution in [0.4, 0.5) is 34.1 Å². The van der Waals surface area contributed by atoms with Gasteiger partial charge in [-0.2, -0.15) is 0 Å². The summed E-state index contributed by atoms with van der Waals surface area (Å²) in [5, 5.41) is 1.26. The molecule has 0 spiro atoms. The third kappa shape index (κ3) is 7.08. The van der Waals surface area contributed by atoms with Crippen LogP contribution >= 0.6 is 0 Å². The van der Waals surface area contributed by atoms with Crippen LogP contribution in [0.25, 0.3) is 11.0 Å². The summed E-state index contributed by atoms with van der Waals surface area (Å²) in [5.74, 6) is 0.516. The van der Waals surface area contributed by atoms with Crippen molar-refractivity contribution in [3.8, 4) is 0 Å². The molecule has 0 amide bonds. The number of anilines is 6. The van der Waals surface area contributed by atoms with Gasteiger partial charge in [-0.25, -0.2) is 0 Å². The van der Waals surface area contributed by atoms with Gasteiger partial charge < -0.3 is 14.2 Å². The van der Waals surface area contributed by atoms with E-state index in [9.17, 15) is 0 Å². The van der Waals surface area contributed by atoms with Crippen LogP contribution < -0.4 is 26.4 Å². The van der Waals surface area contributed by atoms with Crippen LogP contribution in [0.5, 0.6) is 0 Å². The normalized spacial score (nSPS) is 22.0. The Morgan fingerprint density at radius 2 is 1.03 bits per heavy atom. The van der Waals surface area contributed by atoms with E-state index in [1.54, 1.807) is 0 Å². The highest BCUT2D eigenvalue weighted by Gasteiger charge is 2.51. The van der Waals surface area contributed by atoms with Gasteiger partial charge in [0.25, 0.3) is 6.71 Å². The van der Waals surface area contributed by atoms with Crippen molar-refractivity contribution in [1.82, 2.24) is 0 Å². The van der Waals surface area contributed by atoms with Crippen molar-refractivity contribution in [2.45, 2.75) is 225 Å². The van der Waals surface area contributed by atoms with Crippen molar-refractivity contribution in [1.29, 1.82) is 0 Å². The van der Waals surface area contributed by atoms with E-state index in [0.29, 0.717) is 5.92 Å². The lowest BCUT2D eigenvalue weighted by Gasteiger charge is -2.47. The van der Waals surface area contributed by atoms with Crippen LogP contribution in [0.3, 0.4) is 0 Å². The molecule has 6 aliphatic rings. The highest BCUT2D eigenvalue weighted by molar-refractivity contribution is 7.00. The Bertz CT molecular complexity index is 3210. The van der Waals surface area contributed by atoms with Crippen LogP contribution in [0.1, 0.15) is 230 Å². The third-order valence-corrected chi connectivity index (χ3v) is 20.1. The van der Waals surface area contributed by atoms with Gasteiger partial charge in [0.05, 0.1) is 11.3 Å². The number of benzene rings is 5. The van der Waals surface area contributed by atoms with E-state index in [-0.39, 0.29) is 44.6 Å². The lowest BCUT2D eigenvalue weighted by atomic mass is 9.35. The minimum atomic E-state index is -0.0864. The maximum atomic E-state index is 7.80. The average Bonchev–Trinajstić information content (AvgIpc) is 3.68. The SMILES string of the molecule is Cc1cc(C(C)(C)C)ccc1N1c2cc3c(cc2B2c4oc5cc6c(cc5c4N(c4ccc5c(c4)C(C)(C)CCC5(C)C)c4cc(C5CCCCC5)cc1c42)C(C)(C)CCC6(C)C)C(C)(C)CCC3(C)C. The number of hydrogen-bond donors (Lipinski definition) is 0. The second-order valence-electron chi connectivity index (χ2n) is 28.9. The summed E-state index contributed by atoms with van der Waals surface area (Å²) in [7, 11) is 0. The first-order chi connectivity index (χ1) is 33.2. The minimum Gasteiger partial charge on any atom is -0.468 e. The van der Waals surface area contributed by atoms with Crippen LogP contribution in [-0.4, -0.2) is 6.71 Å². The van der Waals surface area contributed by atoms with Gasteiger partial charge in [0.1, 0.15) is 5.58 Å². The maximum absolute atomic E-state index is 7.80. The van der Waals surface area contributed by atoms with E-state index < -0.39 is 0 Å². The zero-order valence-electron chi connectivity index (χ0n) is 46.7. The van der Waals surface area contributed by atoms with Crippen molar-refractivity contribution < 1.29 is 4.42 Å². The average molecular weight is 943 g/mol. The molecule has 0 saturated heterocycles. The molecule has 5 aromatic carbocycles. The van der Waals surface area contributed by atoms with Crippen LogP contribution in [-0.2, 0) is 37.9 Å². The van der Waals surface area contributed by atoms with E-state index in [1.165, 1.54) is 171 Å². The van der Waals surface area contributed by atoms with Crippen LogP contribution in [0.15, 0.2) is 77.2 Å². The van der Waals surface area contributed by atoms with Crippen molar-refractivity contribution in [2.24, 2.45) is 0 Å². The molecular weight excluding hydrogens is 860 g/mol. The Morgan fingerprint density at radius 3 is 1.61 bits per heavy atom. The first-order valence-corrected chi connectivity index (χ1v) is 28.0. The van der Waals surface area contributed by atoms with Crippen molar-refractivity contribution in [2.75, 3.05) is 9.80 Å². The van der Waals surface area contributed by atoms with Gasteiger partial charge in [-0.1, -0.05) is 147 Å². The van der Waals surface area contributed by atoms with E-state index in [4.69, 9.17) is 4.42 Å². The molecule has 370 valence electrons. The highest BCUT2D eigenvalue weighted by Crippen LogP contribution is 2.56. The predicted octanol–water partition coefficient (Wildman–Crippen LogP) is 17.2. The number of nitrogens with zero attached hydrogens (tertiary/aromatic N) is 2. The molecule has 1 saturated carbocycles. The minimum absolute atomic E-state index is 0.0419. The quantitative estimate of drug-likeness (QED) is 0.165. The Balaban J connectivity index is 1.24. The first kappa shape index (κ1) is 47.3. The molecule has 12 rings (SSSR count). The second-order valence-corrected chi connectivity index (χ2v) is 28.9. The highest BCUT2D eigenvalue weighted by atomic mass is 16.3. The monoisotopic (exact) mass is 943 g/mol. The van der Waals surface area contributed by atoms with Gasteiger partial charge in [-0.3, -0.25) is 0 Å². The summed E-state index contributed by atoms with van der Waals surface area (Å²) < 4.78 is 7.80. The zero-order chi connectivity index (χ0) is 50.3. The molecule has 0 bridgehead atoms. The Labute approximate surface area is 428 Å². The molecule has 71 heavy (non-hydrogen) atoms. The Hall–Kier alpha value is -4.70. The topological polar surface area (TPSA) is 19.6 Å². The largest absolute Gasteiger partial charge is 0.468 e. The summed E-state index contributed by atoms with van der Waals surface area (Å²) in [5.41, 5.74) is 26.3. The lowest BCUT2D eigenvalue weighted by molar-refractivity contribution is 0.332. The molecule has 3 heterocycles. The van der Waals surface area contributed by atoms with Crippen molar-refractivity contribution >= 4 is 68.4 Å². The fourth-order valence-corrected chi connectivity index (χ4v) is 14.9. The number of rotatable bonds is 3. The molecule has 4 aliphatic carbocycles. The van der Waals surface area contributed by atoms with Gasteiger partial charge >= 0.3 is 0 Å². The van der Waals surface area contributed by atoms with E-state index in [1.807, 2.05) is 0 Å². The molecule has 1 fully saturated rings. The molecule has 4 heteroatoms. The summed E-state index contributed by atoms with van der Waals surface area (Å²) in [4.78, 5) is 5.48. The van der Waals surface area contributed by atoms with E-state index in [0.717, 1.165) is 11.2 Å². The molecule has 0 N–H and O–H groups in total. The van der Waals surface area contributed by atoms with E-state index in [2.05, 4.69) is 193 Å². The molecule has 6 aromatic rings. The van der Waals surface area contributed by atoms with Gasteiger partial charge in [-0.05, 0) is 212 Å². The van der Waals surface area contributed by atoms with Gasteiger partial charge in [0, 0.05) is 33.8 Å². The number of aryl methyl sites for hydroxylation is 1. The molecule has 0 radical (unpaired) electrons. The first-order valence-electron chi connectivity index (χ1n) is 28.0. The van der Waals surface area contributed by atoms with Gasteiger partial charge in [0.15, 0.2) is 0 Å². The molecule has 0 atom stereocenters. The second kappa shape index (κ2) is 15.2. The molecule has 2 aliphatic heterocycles. The van der Waals surface area contributed by atoms with Gasteiger partial charge in [0.2, 0.25) is 0 Å². The predicted molar refractivity (Wildman–Crippen MR) is 305 cm³/mol. The molecule has 1 aromatic heterocycles. The number of furan rings is 1. The molecule has 0 unspecified atom stereocenters. The Morgan fingerprint density at radius 1 is 0.507 bits per heavy atom. The smallest absolute Gasteiger partial charge is 0.297 e. The van der Waals surface area contributed by atoms with E-state index >= 15 is 0 Å². The van der Waals surface area contributed by atoms with Gasteiger partial charge in [-0.15, -0.1) is 0 Å². The number of fused-ring (bicyclic) bond motifs is 9. The fraction of sp³-hybridized carbons (Fsp3) is 0.522. The zero-order valence-corrected chi connectivity index (χ0v) is 46.7. The summed E-state index contributed by atoms with van der Waals surface area (Å²) >= 11 is 0. The number of hydrogen-bond acceptors (Lipinski definition) is 3. The summed E-state index contributed by atoms with van der Waals surface area (Å²) in [6, 6.07) is 30.8. The molecule has 3 nitrogen and oxygen atoms in total. The summed E-state index contributed by atoms with van der Waals surface area (Å²) in [6.07, 6.45) is 13.5. The van der Waals surface area contributed by atoms with Crippen LogP contribution in [0.2, 0.25) is 0 Å². The Kier molecular flexibility index (Phi) is 10.1. The fourth-order valence-electron chi connectivity index (χ4n) is 14.9. The standard InChI is InChI=1S/C67H83BN2O/c1-40-32-43(61(2,3)4)22-25-53(40)70-54-38-50-49(65(11,12)29-30-66(50,13)14)37-52(54)68-58-55(33-42(34-56(58)70)41-20-18-17-19-21-41)69(44-23-24-46-47(35-44)63(7,8)27-26-62(46,5)6)59-45-36-48-51(39-57(45)71-60(59)68)67(15,16)31-28-64(48,9)10/h22-25,32-39,41H,17-21,26-31H2,1-16H3. The third-order valence-electron chi connectivity index (χ3n) is 20.1. The summed E-state index contributed by atoms with van der Waals surface area (Å²) in [6.45, 7) is 39.1. The molecular formula is C67H83BN2O.